The Hall–Kier alpha value is -2.05. The highest BCUT2D eigenvalue weighted by Crippen LogP contribution is 2.24. The van der Waals surface area contributed by atoms with Crippen molar-refractivity contribution in [2.75, 3.05) is 0 Å². The van der Waals surface area contributed by atoms with Crippen molar-refractivity contribution in [3.63, 3.8) is 0 Å². The van der Waals surface area contributed by atoms with Crippen LogP contribution in [-0.4, -0.2) is 20.4 Å². The fourth-order valence-corrected chi connectivity index (χ4v) is 2.85. The first kappa shape index (κ1) is 13.9. The van der Waals surface area contributed by atoms with Gasteiger partial charge < -0.3 is 0 Å². The van der Waals surface area contributed by atoms with Gasteiger partial charge in [0.1, 0.15) is 16.4 Å². The van der Waals surface area contributed by atoms with Crippen LogP contribution in [0.4, 0.5) is 0 Å². The molecule has 0 amide bonds. The first-order valence-electron chi connectivity index (χ1n) is 6.77. The lowest BCUT2D eigenvalue weighted by Gasteiger charge is -2.23. The lowest BCUT2D eigenvalue weighted by atomic mass is 10.1. The molecule has 0 aliphatic rings. The van der Waals surface area contributed by atoms with Crippen LogP contribution < -0.4 is 5.32 Å². The van der Waals surface area contributed by atoms with E-state index >= 15 is 0 Å². The standard InChI is InChI=1S/C15H17N5S/c1-15(2,14-16-8-9-21-14)17-10-12-13(19-20-18-12)11-6-4-3-5-7-11/h3-9,17H,10H2,1-2H3,(H,18,19,20). The molecule has 108 valence electrons. The molecule has 3 aromatic rings. The van der Waals surface area contributed by atoms with Gasteiger partial charge in [0.25, 0.3) is 0 Å². The Labute approximate surface area is 127 Å². The van der Waals surface area contributed by atoms with Gasteiger partial charge in [0.2, 0.25) is 0 Å². The first-order chi connectivity index (χ1) is 10.2. The summed E-state index contributed by atoms with van der Waals surface area (Å²) >= 11 is 1.65. The average Bonchev–Trinajstić information content (AvgIpc) is 3.18. The van der Waals surface area contributed by atoms with Crippen LogP contribution in [0, 0.1) is 0 Å². The summed E-state index contributed by atoms with van der Waals surface area (Å²) in [4.78, 5) is 4.38. The van der Waals surface area contributed by atoms with Crippen LogP contribution in [0.2, 0.25) is 0 Å². The number of H-pyrrole nitrogens is 1. The maximum atomic E-state index is 4.38. The molecule has 0 fully saturated rings. The highest BCUT2D eigenvalue weighted by atomic mass is 32.1. The van der Waals surface area contributed by atoms with Crippen molar-refractivity contribution >= 4 is 11.3 Å². The summed E-state index contributed by atoms with van der Waals surface area (Å²) in [5.41, 5.74) is 2.67. The van der Waals surface area contributed by atoms with E-state index in [9.17, 15) is 0 Å². The van der Waals surface area contributed by atoms with E-state index in [1.807, 2.05) is 41.9 Å². The minimum absolute atomic E-state index is 0.193. The highest BCUT2D eigenvalue weighted by Gasteiger charge is 2.23. The Morgan fingerprint density at radius 3 is 2.71 bits per heavy atom. The van der Waals surface area contributed by atoms with E-state index in [-0.39, 0.29) is 5.54 Å². The second kappa shape index (κ2) is 5.75. The van der Waals surface area contributed by atoms with Gasteiger partial charge in [-0.3, -0.25) is 5.32 Å². The largest absolute Gasteiger partial charge is 0.300 e. The van der Waals surface area contributed by atoms with Crippen molar-refractivity contribution in [2.45, 2.75) is 25.9 Å². The van der Waals surface area contributed by atoms with Gasteiger partial charge in [-0.15, -0.1) is 11.3 Å². The SMILES string of the molecule is CC(C)(NCc1n[nH]nc1-c1ccccc1)c1nccs1. The lowest BCUT2D eigenvalue weighted by Crippen LogP contribution is -2.36. The third-order valence-electron chi connectivity index (χ3n) is 3.33. The second-order valence-corrected chi connectivity index (χ2v) is 6.20. The average molecular weight is 299 g/mol. The number of aromatic amines is 1. The molecule has 2 N–H and O–H groups in total. The summed E-state index contributed by atoms with van der Waals surface area (Å²) in [5, 5.41) is 17.8. The molecule has 0 atom stereocenters. The number of hydrogen-bond donors (Lipinski definition) is 2. The number of benzene rings is 1. The topological polar surface area (TPSA) is 66.5 Å². The van der Waals surface area contributed by atoms with E-state index in [4.69, 9.17) is 0 Å². The van der Waals surface area contributed by atoms with Gasteiger partial charge in [0.05, 0.1) is 5.54 Å². The zero-order valence-corrected chi connectivity index (χ0v) is 12.8. The second-order valence-electron chi connectivity index (χ2n) is 5.30. The Bertz CT molecular complexity index is 688. The Balaban J connectivity index is 1.77. The number of thiazole rings is 1. The third kappa shape index (κ3) is 3.01. The van der Waals surface area contributed by atoms with Crippen LogP contribution in [0.1, 0.15) is 24.5 Å². The van der Waals surface area contributed by atoms with Crippen LogP contribution in [-0.2, 0) is 12.1 Å². The van der Waals surface area contributed by atoms with E-state index < -0.39 is 0 Å². The Kier molecular flexibility index (Phi) is 3.81. The smallest absolute Gasteiger partial charge is 0.117 e. The molecule has 3 rings (SSSR count). The molecule has 0 saturated heterocycles. The van der Waals surface area contributed by atoms with Crippen LogP contribution >= 0.6 is 11.3 Å². The summed E-state index contributed by atoms with van der Waals surface area (Å²) in [6.45, 7) is 4.87. The fourth-order valence-electron chi connectivity index (χ4n) is 2.12. The normalized spacial score (nSPS) is 11.7. The lowest BCUT2D eigenvalue weighted by molar-refractivity contribution is 0.397. The summed E-state index contributed by atoms with van der Waals surface area (Å²) in [5.74, 6) is 0. The molecule has 0 spiro atoms. The summed E-state index contributed by atoms with van der Waals surface area (Å²) in [6.07, 6.45) is 1.83. The molecule has 2 heterocycles. The Morgan fingerprint density at radius 1 is 1.19 bits per heavy atom. The number of nitrogens with zero attached hydrogens (tertiary/aromatic N) is 3. The van der Waals surface area contributed by atoms with Crippen molar-refractivity contribution in [3.8, 4) is 11.3 Å². The molecule has 0 bridgehead atoms. The molecule has 0 unspecified atom stereocenters. The Morgan fingerprint density at radius 2 is 2.00 bits per heavy atom. The van der Waals surface area contributed by atoms with Crippen LogP contribution in [0.25, 0.3) is 11.3 Å². The fraction of sp³-hybridized carbons (Fsp3) is 0.267. The molecular weight excluding hydrogens is 282 g/mol. The summed E-state index contributed by atoms with van der Waals surface area (Å²) in [7, 11) is 0. The maximum Gasteiger partial charge on any atom is 0.117 e. The van der Waals surface area contributed by atoms with E-state index in [0.717, 1.165) is 22.0 Å². The predicted molar refractivity (Wildman–Crippen MR) is 83.8 cm³/mol. The molecular formula is C15H17N5S. The van der Waals surface area contributed by atoms with Crippen LogP contribution in [0.3, 0.4) is 0 Å². The molecule has 0 radical (unpaired) electrons. The molecule has 0 aliphatic carbocycles. The molecule has 5 nitrogen and oxygen atoms in total. The van der Waals surface area contributed by atoms with Crippen molar-refractivity contribution < 1.29 is 0 Å². The molecule has 1 aromatic carbocycles. The van der Waals surface area contributed by atoms with Crippen molar-refractivity contribution in [2.24, 2.45) is 0 Å². The highest BCUT2D eigenvalue weighted by molar-refractivity contribution is 7.09. The van der Waals surface area contributed by atoms with Gasteiger partial charge in [-0.05, 0) is 13.8 Å². The minimum Gasteiger partial charge on any atom is -0.300 e. The van der Waals surface area contributed by atoms with Crippen molar-refractivity contribution in [1.29, 1.82) is 0 Å². The van der Waals surface area contributed by atoms with Crippen LogP contribution in [0.15, 0.2) is 41.9 Å². The number of nitrogens with one attached hydrogen (secondary N) is 2. The monoisotopic (exact) mass is 299 g/mol. The summed E-state index contributed by atoms with van der Waals surface area (Å²) < 4.78 is 0. The third-order valence-corrected chi connectivity index (χ3v) is 4.43. The zero-order valence-electron chi connectivity index (χ0n) is 12.0. The molecule has 2 aromatic heterocycles. The number of aromatic nitrogens is 4. The van der Waals surface area contributed by atoms with Gasteiger partial charge in [0, 0.05) is 23.7 Å². The van der Waals surface area contributed by atoms with Gasteiger partial charge in [-0.25, -0.2) is 4.98 Å². The molecule has 6 heteroatoms. The molecule has 21 heavy (non-hydrogen) atoms. The van der Waals surface area contributed by atoms with E-state index in [1.54, 1.807) is 11.3 Å². The van der Waals surface area contributed by atoms with E-state index in [0.29, 0.717) is 6.54 Å². The maximum absolute atomic E-state index is 4.38. The quantitative estimate of drug-likeness (QED) is 0.760. The van der Waals surface area contributed by atoms with Gasteiger partial charge >= 0.3 is 0 Å². The predicted octanol–water partition coefficient (Wildman–Crippen LogP) is 2.95. The van der Waals surface area contributed by atoms with Gasteiger partial charge in [-0.1, -0.05) is 30.3 Å². The van der Waals surface area contributed by atoms with E-state index in [1.165, 1.54) is 0 Å². The van der Waals surface area contributed by atoms with Crippen molar-refractivity contribution in [3.05, 3.63) is 52.6 Å². The van der Waals surface area contributed by atoms with Crippen LogP contribution in [0.5, 0.6) is 0 Å². The van der Waals surface area contributed by atoms with Gasteiger partial charge in [-0.2, -0.15) is 15.4 Å². The van der Waals surface area contributed by atoms with E-state index in [2.05, 4.69) is 39.6 Å². The minimum atomic E-state index is -0.193. The number of rotatable bonds is 5. The summed E-state index contributed by atoms with van der Waals surface area (Å²) in [6, 6.07) is 10.1. The first-order valence-corrected chi connectivity index (χ1v) is 7.65. The molecule has 0 aliphatic heterocycles. The van der Waals surface area contributed by atoms with Gasteiger partial charge in [0.15, 0.2) is 0 Å². The zero-order chi connectivity index (χ0) is 14.7. The number of hydrogen-bond acceptors (Lipinski definition) is 5. The van der Waals surface area contributed by atoms with Crippen molar-refractivity contribution in [1.82, 2.24) is 25.7 Å². The molecule has 0 saturated carbocycles.